The Kier molecular flexibility index (Phi) is 6.67. The summed E-state index contributed by atoms with van der Waals surface area (Å²) in [6.45, 7) is 9.14. The summed E-state index contributed by atoms with van der Waals surface area (Å²) in [7, 11) is 0. The highest BCUT2D eigenvalue weighted by Gasteiger charge is 2.38. The van der Waals surface area contributed by atoms with Crippen LogP contribution in [0.3, 0.4) is 0 Å². The molecule has 0 aliphatic heterocycles. The van der Waals surface area contributed by atoms with Gasteiger partial charge in [-0.25, -0.2) is 0 Å². The van der Waals surface area contributed by atoms with Gasteiger partial charge in [0.1, 0.15) is 0 Å². The van der Waals surface area contributed by atoms with Crippen LogP contribution in [0.25, 0.3) is 0 Å². The highest BCUT2D eigenvalue weighted by molar-refractivity contribution is 5.85. The number of hydrogen-bond acceptors (Lipinski definition) is 2. The Balaban J connectivity index is 0.00000264. The molecular formula is C19H31ClN2O. The smallest absolute Gasteiger partial charge is 0.224 e. The Morgan fingerprint density at radius 1 is 1.35 bits per heavy atom. The number of rotatable bonds is 4. The summed E-state index contributed by atoms with van der Waals surface area (Å²) >= 11 is 0. The molecule has 2 atom stereocenters. The zero-order valence-corrected chi connectivity index (χ0v) is 15.6. The molecule has 23 heavy (non-hydrogen) atoms. The lowest BCUT2D eigenvalue weighted by atomic mass is 9.74. The van der Waals surface area contributed by atoms with Crippen LogP contribution in [0.2, 0.25) is 0 Å². The fourth-order valence-corrected chi connectivity index (χ4v) is 3.65. The largest absolute Gasteiger partial charge is 0.355 e. The van der Waals surface area contributed by atoms with Gasteiger partial charge in [-0.15, -0.1) is 12.4 Å². The Bertz CT molecular complexity index is 540. The molecule has 3 N–H and O–H groups in total. The number of amides is 1. The first-order chi connectivity index (χ1) is 10.2. The lowest BCUT2D eigenvalue weighted by Crippen LogP contribution is -2.54. The summed E-state index contributed by atoms with van der Waals surface area (Å²) in [6.07, 6.45) is 4.08. The average molecular weight is 339 g/mol. The maximum Gasteiger partial charge on any atom is 0.224 e. The Morgan fingerprint density at radius 2 is 2.00 bits per heavy atom. The number of nitrogens with one attached hydrogen (secondary N) is 1. The molecule has 4 heteroatoms. The van der Waals surface area contributed by atoms with Gasteiger partial charge in [-0.1, -0.05) is 51.0 Å². The summed E-state index contributed by atoms with van der Waals surface area (Å²) < 4.78 is 0. The van der Waals surface area contributed by atoms with E-state index in [4.69, 9.17) is 5.73 Å². The van der Waals surface area contributed by atoms with E-state index in [0.717, 1.165) is 25.7 Å². The van der Waals surface area contributed by atoms with E-state index in [1.165, 1.54) is 11.1 Å². The molecule has 1 aliphatic rings. The first-order valence-corrected chi connectivity index (χ1v) is 8.37. The molecule has 2 unspecified atom stereocenters. The number of aryl methyl sites for hydroxylation is 1. The molecule has 0 radical (unpaired) electrons. The molecule has 0 bridgehead atoms. The van der Waals surface area contributed by atoms with Crippen LogP contribution in [0.5, 0.6) is 0 Å². The summed E-state index contributed by atoms with van der Waals surface area (Å²) in [6, 6.07) is 8.38. The van der Waals surface area contributed by atoms with Crippen LogP contribution >= 0.6 is 12.4 Å². The molecule has 0 aromatic heterocycles. The van der Waals surface area contributed by atoms with E-state index in [1.54, 1.807) is 0 Å². The minimum atomic E-state index is -0.366. The maximum absolute atomic E-state index is 12.6. The topological polar surface area (TPSA) is 55.1 Å². The molecule has 2 rings (SSSR count). The van der Waals surface area contributed by atoms with E-state index in [9.17, 15) is 4.79 Å². The summed E-state index contributed by atoms with van der Waals surface area (Å²) in [5.41, 5.74) is 8.44. The van der Waals surface area contributed by atoms with Gasteiger partial charge in [0.2, 0.25) is 5.91 Å². The van der Waals surface area contributed by atoms with Crippen molar-refractivity contribution < 1.29 is 4.79 Å². The minimum Gasteiger partial charge on any atom is -0.355 e. The number of carbonyl (C=O) groups is 1. The predicted molar refractivity (Wildman–Crippen MR) is 99.0 cm³/mol. The van der Waals surface area contributed by atoms with Gasteiger partial charge in [0.05, 0.1) is 5.92 Å². The third-order valence-corrected chi connectivity index (χ3v) is 5.15. The lowest BCUT2D eigenvalue weighted by Gasteiger charge is -2.38. The molecule has 3 nitrogen and oxygen atoms in total. The normalized spacial score (nSPS) is 24.7. The van der Waals surface area contributed by atoms with Gasteiger partial charge < -0.3 is 11.1 Å². The molecule has 0 heterocycles. The highest BCUT2D eigenvalue weighted by atomic mass is 35.5. The Hall–Kier alpha value is -1.06. The van der Waals surface area contributed by atoms with Gasteiger partial charge in [0.15, 0.2) is 0 Å². The molecule has 130 valence electrons. The van der Waals surface area contributed by atoms with Crippen molar-refractivity contribution in [1.82, 2.24) is 5.32 Å². The fourth-order valence-electron chi connectivity index (χ4n) is 3.65. The fraction of sp³-hybridized carbons (Fsp3) is 0.632. The zero-order valence-electron chi connectivity index (χ0n) is 14.8. The molecule has 0 saturated heterocycles. The van der Waals surface area contributed by atoms with Crippen molar-refractivity contribution in [3.05, 3.63) is 35.4 Å². The quantitative estimate of drug-likeness (QED) is 0.879. The average Bonchev–Trinajstić information content (AvgIpc) is 2.44. The van der Waals surface area contributed by atoms with Crippen molar-refractivity contribution >= 4 is 18.3 Å². The van der Waals surface area contributed by atoms with E-state index in [2.05, 4.69) is 50.4 Å². The summed E-state index contributed by atoms with van der Waals surface area (Å²) in [5, 5.41) is 3.16. The van der Waals surface area contributed by atoms with Gasteiger partial charge >= 0.3 is 0 Å². The van der Waals surface area contributed by atoms with E-state index >= 15 is 0 Å². The van der Waals surface area contributed by atoms with Crippen LogP contribution in [0.15, 0.2) is 24.3 Å². The van der Waals surface area contributed by atoms with Gasteiger partial charge in [-0.3, -0.25) is 4.79 Å². The number of benzene rings is 1. The van der Waals surface area contributed by atoms with Crippen LogP contribution in [0.1, 0.15) is 57.6 Å². The van der Waals surface area contributed by atoms with Crippen molar-refractivity contribution in [3.63, 3.8) is 0 Å². The van der Waals surface area contributed by atoms with E-state index < -0.39 is 0 Å². The molecule has 1 saturated carbocycles. The van der Waals surface area contributed by atoms with Gasteiger partial charge in [0.25, 0.3) is 0 Å². The molecule has 1 aromatic carbocycles. The van der Waals surface area contributed by atoms with Crippen LogP contribution < -0.4 is 11.1 Å². The monoisotopic (exact) mass is 338 g/mol. The summed E-state index contributed by atoms with van der Waals surface area (Å²) in [5.74, 6) is 0.0558. The van der Waals surface area contributed by atoms with Crippen molar-refractivity contribution in [2.45, 2.75) is 64.3 Å². The van der Waals surface area contributed by atoms with Gasteiger partial charge in [-0.05, 0) is 37.8 Å². The van der Waals surface area contributed by atoms with E-state index in [-0.39, 0.29) is 35.2 Å². The Labute approximate surface area is 146 Å². The minimum absolute atomic E-state index is 0. The molecule has 1 aliphatic carbocycles. The molecule has 1 amide bonds. The third-order valence-electron chi connectivity index (χ3n) is 5.15. The molecular weight excluding hydrogens is 308 g/mol. The van der Waals surface area contributed by atoms with Crippen molar-refractivity contribution in [2.24, 2.45) is 11.7 Å². The zero-order chi connectivity index (χ0) is 16.4. The van der Waals surface area contributed by atoms with Crippen LogP contribution in [0.4, 0.5) is 0 Å². The second-order valence-corrected chi connectivity index (χ2v) is 7.72. The SMILES string of the molecule is Cc1ccccc1C(C)(C)CNC(=O)C1CCCCC1(C)N.Cl. The van der Waals surface area contributed by atoms with Gasteiger partial charge in [0, 0.05) is 17.5 Å². The first kappa shape index (κ1) is 20.0. The summed E-state index contributed by atoms with van der Waals surface area (Å²) in [4.78, 5) is 12.6. The van der Waals surface area contributed by atoms with Crippen LogP contribution in [-0.2, 0) is 10.2 Å². The molecule has 0 spiro atoms. The van der Waals surface area contributed by atoms with Crippen molar-refractivity contribution in [1.29, 1.82) is 0 Å². The highest BCUT2D eigenvalue weighted by Crippen LogP contribution is 2.32. The maximum atomic E-state index is 12.6. The van der Waals surface area contributed by atoms with E-state index in [1.807, 2.05) is 6.92 Å². The third kappa shape index (κ3) is 4.71. The number of carbonyl (C=O) groups excluding carboxylic acids is 1. The van der Waals surface area contributed by atoms with Crippen LogP contribution in [-0.4, -0.2) is 18.0 Å². The standard InChI is InChI=1S/C19H30N2O.ClH/c1-14-9-5-6-10-15(14)18(2,3)13-21-17(22)16-11-7-8-12-19(16,4)20;/h5-6,9-10,16H,7-8,11-13,20H2,1-4H3,(H,21,22);1H. The Morgan fingerprint density at radius 3 is 2.61 bits per heavy atom. The number of hydrogen-bond donors (Lipinski definition) is 2. The second kappa shape index (κ2) is 7.67. The second-order valence-electron chi connectivity index (χ2n) is 7.72. The number of nitrogens with two attached hydrogens (primary N) is 1. The van der Waals surface area contributed by atoms with Gasteiger partial charge in [-0.2, -0.15) is 0 Å². The predicted octanol–water partition coefficient (Wildman–Crippen LogP) is 3.72. The van der Waals surface area contributed by atoms with Crippen LogP contribution in [0, 0.1) is 12.8 Å². The lowest BCUT2D eigenvalue weighted by molar-refractivity contribution is -0.128. The van der Waals surface area contributed by atoms with Crippen molar-refractivity contribution in [3.8, 4) is 0 Å². The van der Waals surface area contributed by atoms with Crippen molar-refractivity contribution in [2.75, 3.05) is 6.54 Å². The number of halogens is 1. The molecule has 1 fully saturated rings. The first-order valence-electron chi connectivity index (χ1n) is 8.37. The molecule has 1 aromatic rings. The van der Waals surface area contributed by atoms with E-state index in [0.29, 0.717) is 6.54 Å².